The van der Waals surface area contributed by atoms with E-state index in [-0.39, 0.29) is 11.6 Å². The van der Waals surface area contributed by atoms with Gasteiger partial charge in [0.25, 0.3) is 11.6 Å². The van der Waals surface area contributed by atoms with Crippen LogP contribution in [0.5, 0.6) is 0 Å². The summed E-state index contributed by atoms with van der Waals surface area (Å²) in [5, 5.41) is 16.9. The fraction of sp³-hybridized carbons (Fsp3) is 0. The zero-order valence-electron chi connectivity index (χ0n) is 13.2. The van der Waals surface area contributed by atoms with Crippen LogP contribution in [0.1, 0.15) is 10.4 Å². The highest BCUT2D eigenvalue weighted by molar-refractivity contribution is 6.06. The number of anilines is 3. The van der Waals surface area contributed by atoms with E-state index in [1.807, 2.05) is 36.4 Å². The lowest BCUT2D eigenvalue weighted by atomic mass is 10.2. The van der Waals surface area contributed by atoms with Gasteiger partial charge in [0.15, 0.2) is 0 Å². The number of amides is 1. The minimum absolute atomic E-state index is 0.0954. The van der Waals surface area contributed by atoms with E-state index in [0.29, 0.717) is 16.9 Å². The van der Waals surface area contributed by atoms with Gasteiger partial charge in [0.05, 0.1) is 16.3 Å². The van der Waals surface area contributed by atoms with Crippen molar-refractivity contribution in [3.8, 4) is 0 Å². The maximum absolute atomic E-state index is 12.4. The monoisotopic (exact) mass is 333 g/mol. The van der Waals surface area contributed by atoms with Crippen molar-refractivity contribution in [2.75, 3.05) is 10.6 Å². The second-order valence-electron chi connectivity index (χ2n) is 5.30. The lowest BCUT2D eigenvalue weighted by Crippen LogP contribution is -2.13. The Labute approximate surface area is 144 Å². The Bertz CT molecular complexity index is 896. The Morgan fingerprint density at radius 3 is 2.12 bits per heavy atom. The van der Waals surface area contributed by atoms with Crippen molar-refractivity contribution in [1.82, 2.24) is 0 Å². The Hall–Kier alpha value is -3.67. The third-order valence-electron chi connectivity index (χ3n) is 3.55. The van der Waals surface area contributed by atoms with E-state index >= 15 is 0 Å². The molecule has 3 rings (SSSR count). The first kappa shape index (κ1) is 16.2. The Morgan fingerprint density at radius 2 is 1.48 bits per heavy atom. The quantitative estimate of drug-likeness (QED) is 0.528. The zero-order valence-corrected chi connectivity index (χ0v) is 13.2. The molecule has 0 heterocycles. The molecule has 25 heavy (non-hydrogen) atoms. The predicted octanol–water partition coefficient (Wildman–Crippen LogP) is 4.59. The largest absolute Gasteiger partial charge is 0.354 e. The number of hydrogen-bond donors (Lipinski definition) is 2. The fourth-order valence-electron chi connectivity index (χ4n) is 2.32. The molecule has 0 fully saturated rings. The van der Waals surface area contributed by atoms with Gasteiger partial charge in [-0.15, -0.1) is 0 Å². The van der Waals surface area contributed by atoms with Crippen LogP contribution in [0.3, 0.4) is 0 Å². The van der Waals surface area contributed by atoms with Crippen molar-refractivity contribution >= 4 is 28.7 Å². The highest BCUT2D eigenvalue weighted by atomic mass is 16.6. The first-order chi connectivity index (χ1) is 12.1. The third kappa shape index (κ3) is 4.00. The maximum Gasteiger partial charge on any atom is 0.271 e. The van der Waals surface area contributed by atoms with E-state index in [1.54, 1.807) is 30.3 Å². The number of nitro benzene ring substituents is 1. The van der Waals surface area contributed by atoms with Crippen molar-refractivity contribution in [1.29, 1.82) is 0 Å². The standard InChI is InChI=1S/C19H15N3O3/c23-19(14-7-3-1-4-8-14)21-18-13-16(22(24)25)11-12-17(18)20-15-9-5-2-6-10-15/h1-13,20H,(H,21,23). The first-order valence-electron chi connectivity index (χ1n) is 7.60. The Kier molecular flexibility index (Phi) is 4.71. The Balaban J connectivity index is 1.92. The maximum atomic E-state index is 12.4. The molecule has 3 aromatic rings. The molecular formula is C19H15N3O3. The number of rotatable bonds is 5. The molecule has 0 atom stereocenters. The average Bonchev–Trinajstić information content (AvgIpc) is 2.64. The van der Waals surface area contributed by atoms with Crippen molar-refractivity contribution in [2.24, 2.45) is 0 Å². The molecule has 0 spiro atoms. The number of nitrogens with one attached hydrogen (secondary N) is 2. The summed E-state index contributed by atoms with van der Waals surface area (Å²) in [6.07, 6.45) is 0. The highest BCUT2D eigenvalue weighted by Gasteiger charge is 2.14. The number of carbonyl (C=O) groups is 1. The summed E-state index contributed by atoms with van der Waals surface area (Å²) in [4.78, 5) is 22.9. The van der Waals surface area contributed by atoms with E-state index in [1.165, 1.54) is 12.1 Å². The van der Waals surface area contributed by atoms with Gasteiger partial charge in [-0.05, 0) is 30.3 Å². The van der Waals surface area contributed by atoms with Crippen LogP contribution in [0.25, 0.3) is 0 Å². The molecule has 2 N–H and O–H groups in total. The third-order valence-corrected chi connectivity index (χ3v) is 3.55. The van der Waals surface area contributed by atoms with E-state index in [4.69, 9.17) is 0 Å². The normalized spacial score (nSPS) is 10.1. The summed E-state index contributed by atoms with van der Waals surface area (Å²) in [6, 6.07) is 22.3. The first-order valence-corrected chi connectivity index (χ1v) is 7.60. The number of nitro groups is 1. The number of benzene rings is 3. The van der Waals surface area contributed by atoms with Gasteiger partial charge in [-0.25, -0.2) is 0 Å². The fourth-order valence-corrected chi connectivity index (χ4v) is 2.32. The number of carbonyl (C=O) groups excluding carboxylic acids is 1. The molecule has 0 saturated heterocycles. The lowest BCUT2D eigenvalue weighted by Gasteiger charge is -2.13. The van der Waals surface area contributed by atoms with Crippen molar-refractivity contribution < 1.29 is 9.72 Å². The van der Waals surface area contributed by atoms with Crippen LogP contribution in [-0.4, -0.2) is 10.8 Å². The molecule has 0 bridgehead atoms. The smallest absolute Gasteiger partial charge is 0.271 e. The summed E-state index contributed by atoms with van der Waals surface area (Å²) in [5.41, 5.74) is 2.10. The van der Waals surface area contributed by atoms with E-state index < -0.39 is 4.92 Å². The molecular weight excluding hydrogens is 318 g/mol. The summed E-state index contributed by atoms with van der Waals surface area (Å²) in [7, 11) is 0. The van der Waals surface area contributed by atoms with Crippen LogP contribution in [-0.2, 0) is 0 Å². The zero-order chi connectivity index (χ0) is 17.6. The molecule has 6 nitrogen and oxygen atoms in total. The second-order valence-corrected chi connectivity index (χ2v) is 5.30. The molecule has 3 aromatic carbocycles. The molecule has 6 heteroatoms. The van der Waals surface area contributed by atoms with Crippen LogP contribution < -0.4 is 10.6 Å². The number of non-ortho nitro benzene ring substituents is 1. The minimum atomic E-state index is -0.496. The van der Waals surface area contributed by atoms with Gasteiger partial charge in [0, 0.05) is 23.4 Å². The van der Waals surface area contributed by atoms with E-state index in [2.05, 4.69) is 10.6 Å². The van der Waals surface area contributed by atoms with Gasteiger partial charge in [-0.2, -0.15) is 0 Å². The van der Waals surface area contributed by atoms with Gasteiger partial charge < -0.3 is 10.6 Å². The van der Waals surface area contributed by atoms with Gasteiger partial charge in [-0.3, -0.25) is 14.9 Å². The molecule has 0 aromatic heterocycles. The van der Waals surface area contributed by atoms with Crippen molar-refractivity contribution in [3.63, 3.8) is 0 Å². The van der Waals surface area contributed by atoms with Crippen LogP contribution >= 0.6 is 0 Å². The summed E-state index contributed by atoms with van der Waals surface area (Å²) >= 11 is 0. The predicted molar refractivity (Wildman–Crippen MR) is 97.2 cm³/mol. The van der Waals surface area contributed by atoms with Crippen LogP contribution in [0, 0.1) is 10.1 Å². The summed E-state index contributed by atoms with van der Waals surface area (Å²) in [5.74, 6) is -0.336. The molecule has 0 aliphatic carbocycles. The summed E-state index contributed by atoms with van der Waals surface area (Å²) in [6.45, 7) is 0. The topological polar surface area (TPSA) is 84.3 Å². The Morgan fingerprint density at radius 1 is 0.840 bits per heavy atom. The highest BCUT2D eigenvalue weighted by Crippen LogP contribution is 2.30. The molecule has 0 aliphatic rings. The number of nitrogens with zero attached hydrogens (tertiary/aromatic N) is 1. The van der Waals surface area contributed by atoms with Crippen molar-refractivity contribution in [2.45, 2.75) is 0 Å². The van der Waals surface area contributed by atoms with Gasteiger partial charge in [0.1, 0.15) is 0 Å². The molecule has 0 saturated carbocycles. The molecule has 0 unspecified atom stereocenters. The lowest BCUT2D eigenvalue weighted by molar-refractivity contribution is -0.384. The van der Waals surface area contributed by atoms with Gasteiger partial charge >= 0.3 is 0 Å². The minimum Gasteiger partial charge on any atom is -0.354 e. The average molecular weight is 333 g/mol. The molecule has 0 aliphatic heterocycles. The number of para-hydroxylation sites is 1. The molecule has 1 amide bonds. The molecule has 124 valence electrons. The van der Waals surface area contributed by atoms with E-state index in [9.17, 15) is 14.9 Å². The molecule has 0 radical (unpaired) electrons. The van der Waals surface area contributed by atoms with Crippen LogP contribution in [0.2, 0.25) is 0 Å². The van der Waals surface area contributed by atoms with E-state index in [0.717, 1.165) is 5.69 Å². The summed E-state index contributed by atoms with van der Waals surface area (Å²) < 4.78 is 0. The number of hydrogen-bond acceptors (Lipinski definition) is 4. The van der Waals surface area contributed by atoms with Gasteiger partial charge in [0.2, 0.25) is 0 Å². The van der Waals surface area contributed by atoms with Crippen LogP contribution in [0.4, 0.5) is 22.7 Å². The SMILES string of the molecule is O=C(Nc1cc([N+](=O)[O-])ccc1Nc1ccccc1)c1ccccc1. The van der Waals surface area contributed by atoms with Crippen molar-refractivity contribution in [3.05, 3.63) is 94.5 Å². The van der Waals surface area contributed by atoms with Gasteiger partial charge in [-0.1, -0.05) is 36.4 Å². The van der Waals surface area contributed by atoms with Crippen LogP contribution in [0.15, 0.2) is 78.9 Å². The second kappa shape index (κ2) is 7.27.